The van der Waals surface area contributed by atoms with Gasteiger partial charge in [0.1, 0.15) is 11.0 Å². The third kappa shape index (κ3) is 0.524. The standard InChI is InChI=1S/C4H4N6/c5-4-3-2(1-6-8-3)7-10-9-4/h1H,(H,6,8)(H2,5,7,9). The Morgan fingerprint density at radius 2 is 2.30 bits per heavy atom. The number of hydrogen-bond donors (Lipinski definition) is 2. The maximum Gasteiger partial charge on any atom is 0.175 e. The highest BCUT2D eigenvalue weighted by molar-refractivity contribution is 5.82. The smallest absolute Gasteiger partial charge is 0.175 e. The van der Waals surface area contributed by atoms with E-state index in [1.54, 1.807) is 6.20 Å². The van der Waals surface area contributed by atoms with Crippen molar-refractivity contribution in [1.82, 2.24) is 25.6 Å². The number of nitrogens with two attached hydrogens (primary N) is 1. The van der Waals surface area contributed by atoms with E-state index >= 15 is 0 Å². The Balaban J connectivity index is 2.95. The number of anilines is 1. The van der Waals surface area contributed by atoms with E-state index in [1.165, 1.54) is 0 Å². The van der Waals surface area contributed by atoms with Crippen molar-refractivity contribution < 1.29 is 0 Å². The van der Waals surface area contributed by atoms with Gasteiger partial charge in [0.05, 0.1) is 6.20 Å². The van der Waals surface area contributed by atoms with Crippen LogP contribution in [0.1, 0.15) is 0 Å². The number of nitrogens with one attached hydrogen (secondary N) is 1. The first-order chi connectivity index (χ1) is 4.88. The molecule has 2 aromatic rings. The zero-order chi connectivity index (χ0) is 6.97. The predicted molar refractivity (Wildman–Crippen MR) is 33.9 cm³/mol. The van der Waals surface area contributed by atoms with Crippen LogP contribution in [0.15, 0.2) is 6.20 Å². The number of aromatic nitrogens is 5. The molecular formula is C4H4N6. The molecule has 2 rings (SSSR count). The average Bonchev–Trinajstić information content (AvgIpc) is 2.36. The predicted octanol–water partition coefficient (Wildman–Crippen LogP) is -0.670. The molecule has 50 valence electrons. The lowest BCUT2D eigenvalue weighted by Gasteiger charge is -1.87. The van der Waals surface area contributed by atoms with Crippen LogP contribution in [-0.2, 0) is 0 Å². The molecule has 0 amide bonds. The molecule has 0 atom stereocenters. The third-order valence-corrected chi connectivity index (χ3v) is 1.18. The highest BCUT2D eigenvalue weighted by Gasteiger charge is 2.00. The summed E-state index contributed by atoms with van der Waals surface area (Å²) in [4.78, 5) is 0. The SMILES string of the molecule is Nc1nnnc2cn[nH]c12. The Hall–Kier alpha value is -1.72. The van der Waals surface area contributed by atoms with Gasteiger partial charge in [-0.1, -0.05) is 0 Å². The summed E-state index contributed by atoms with van der Waals surface area (Å²) in [5.74, 6) is 0.322. The Bertz CT molecular complexity index is 351. The quantitative estimate of drug-likeness (QED) is 0.501. The highest BCUT2D eigenvalue weighted by Crippen LogP contribution is 2.08. The Labute approximate surface area is 55.4 Å². The van der Waals surface area contributed by atoms with E-state index < -0.39 is 0 Å². The van der Waals surface area contributed by atoms with Gasteiger partial charge in [0.2, 0.25) is 0 Å². The second kappa shape index (κ2) is 1.63. The van der Waals surface area contributed by atoms with Crippen molar-refractivity contribution in [3.63, 3.8) is 0 Å². The first kappa shape index (κ1) is 5.10. The fourth-order valence-electron chi connectivity index (χ4n) is 0.713. The largest absolute Gasteiger partial charge is 0.380 e. The van der Waals surface area contributed by atoms with E-state index in [0.29, 0.717) is 16.9 Å². The van der Waals surface area contributed by atoms with Crippen LogP contribution >= 0.6 is 0 Å². The number of rotatable bonds is 0. The fourth-order valence-corrected chi connectivity index (χ4v) is 0.713. The molecule has 0 saturated heterocycles. The molecule has 2 aromatic heterocycles. The van der Waals surface area contributed by atoms with Gasteiger partial charge in [-0.15, -0.1) is 10.2 Å². The first-order valence-corrected chi connectivity index (χ1v) is 2.66. The lowest BCUT2D eigenvalue weighted by Crippen LogP contribution is -1.95. The van der Waals surface area contributed by atoms with Crippen molar-refractivity contribution in [1.29, 1.82) is 0 Å². The molecule has 0 fully saturated rings. The zero-order valence-electron chi connectivity index (χ0n) is 4.94. The summed E-state index contributed by atoms with van der Waals surface area (Å²) < 4.78 is 0. The second-order valence-electron chi connectivity index (χ2n) is 1.80. The molecule has 0 unspecified atom stereocenters. The Morgan fingerprint density at radius 1 is 1.40 bits per heavy atom. The van der Waals surface area contributed by atoms with E-state index in [2.05, 4.69) is 25.6 Å². The minimum absolute atomic E-state index is 0.322. The van der Waals surface area contributed by atoms with Crippen LogP contribution in [0.4, 0.5) is 5.82 Å². The molecule has 0 aromatic carbocycles. The van der Waals surface area contributed by atoms with Gasteiger partial charge in [-0.25, -0.2) is 0 Å². The lowest BCUT2D eigenvalue weighted by atomic mass is 10.5. The minimum Gasteiger partial charge on any atom is -0.380 e. The first-order valence-electron chi connectivity index (χ1n) is 2.66. The van der Waals surface area contributed by atoms with Crippen LogP contribution < -0.4 is 5.73 Å². The van der Waals surface area contributed by atoms with Crippen molar-refractivity contribution in [2.24, 2.45) is 0 Å². The van der Waals surface area contributed by atoms with Crippen molar-refractivity contribution in [3.8, 4) is 0 Å². The number of nitrogen functional groups attached to an aromatic ring is 1. The molecule has 2 heterocycles. The normalized spacial score (nSPS) is 10.4. The summed E-state index contributed by atoms with van der Waals surface area (Å²) in [6.07, 6.45) is 1.54. The monoisotopic (exact) mass is 136 g/mol. The third-order valence-electron chi connectivity index (χ3n) is 1.18. The average molecular weight is 136 g/mol. The molecule has 0 saturated carbocycles. The summed E-state index contributed by atoms with van der Waals surface area (Å²) >= 11 is 0. The molecule has 0 aliphatic carbocycles. The van der Waals surface area contributed by atoms with Gasteiger partial charge in [-0.2, -0.15) is 5.10 Å². The van der Waals surface area contributed by atoms with E-state index in [1.807, 2.05) is 0 Å². The highest BCUT2D eigenvalue weighted by atomic mass is 15.3. The van der Waals surface area contributed by atoms with Crippen LogP contribution in [0.5, 0.6) is 0 Å². The van der Waals surface area contributed by atoms with Crippen LogP contribution in [-0.4, -0.2) is 25.6 Å². The van der Waals surface area contributed by atoms with E-state index in [4.69, 9.17) is 5.73 Å². The van der Waals surface area contributed by atoms with E-state index in [0.717, 1.165) is 0 Å². The lowest BCUT2D eigenvalue weighted by molar-refractivity contribution is 0.902. The number of nitrogens with zero attached hydrogens (tertiary/aromatic N) is 4. The molecule has 3 N–H and O–H groups in total. The van der Waals surface area contributed by atoms with Crippen LogP contribution in [0, 0.1) is 0 Å². The maximum atomic E-state index is 5.42. The van der Waals surface area contributed by atoms with Gasteiger partial charge in [0.15, 0.2) is 5.82 Å². The maximum absolute atomic E-state index is 5.42. The van der Waals surface area contributed by atoms with Gasteiger partial charge in [-0.05, 0) is 5.21 Å². The van der Waals surface area contributed by atoms with Gasteiger partial charge in [-0.3, -0.25) is 5.10 Å². The molecule has 0 bridgehead atoms. The molecule has 0 aliphatic heterocycles. The van der Waals surface area contributed by atoms with E-state index in [9.17, 15) is 0 Å². The number of aromatic amines is 1. The van der Waals surface area contributed by atoms with Crippen LogP contribution in [0.3, 0.4) is 0 Å². The van der Waals surface area contributed by atoms with Gasteiger partial charge in [0.25, 0.3) is 0 Å². The van der Waals surface area contributed by atoms with Gasteiger partial charge >= 0.3 is 0 Å². The number of fused-ring (bicyclic) bond motifs is 1. The molecule has 6 heteroatoms. The van der Waals surface area contributed by atoms with Gasteiger partial charge < -0.3 is 5.73 Å². The molecule has 0 radical (unpaired) electrons. The molecular weight excluding hydrogens is 132 g/mol. The molecule has 6 nitrogen and oxygen atoms in total. The summed E-state index contributed by atoms with van der Waals surface area (Å²) in [5.41, 5.74) is 6.68. The molecule has 0 spiro atoms. The number of hydrogen-bond acceptors (Lipinski definition) is 5. The Morgan fingerprint density at radius 3 is 3.10 bits per heavy atom. The molecule has 10 heavy (non-hydrogen) atoms. The number of H-pyrrole nitrogens is 1. The Kier molecular flexibility index (Phi) is 0.830. The molecule has 0 aliphatic rings. The van der Waals surface area contributed by atoms with Crippen molar-refractivity contribution in [3.05, 3.63) is 6.20 Å². The van der Waals surface area contributed by atoms with Crippen molar-refractivity contribution in [2.75, 3.05) is 5.73 Å². The summed E-state index contributed by atoms with van der Waals surface area (Å²) in [5, 5.41) is 17.0. The van der Waals surface area contributed by atoms with Crippen LogP contribution in [0.25, 0.3) is 11.0 Å². The topological polar surface area (TPSA) is 93.4 Å². The summed E-state index contributed by atoms with van der Waals surface area (Å²) in [6.45, 7) is 0. The van der Waals surface area contributed by atoms with Crippen LogP contribution in [0.2, 0.25) is 0 Å². The zero-order valence-corrected chi connectivity index (χ0v) is 4.94. The summed E-state index contributed by atoms with van der Waals surface area (Å²) in [6, 6.07) is 0. The van der Waals surface area contributed by atoms with Crippen molar-refractivity contribution >= 4 is 16.9 Å². The van der Waals surface area contributed by atoms with Gasteiger partial charge in [0, 0.05) is 0 Å². The minimum atomic E-state index is 0.322. The van der Waals surface area contributed by atoms with E-state index in [-0.39, 0.29) is 0 Å². The summed E-state index contributed by atoms with van der Waals surface area (Å²) in [7, 11) is 0. The second-order valence-corrected chi connectivity index (χ2v) is 1.80. The fraction of sp³-hybridized carbons (Fsp3) is 0. The van der Waals surface area contributed by atoms with Crippen molar-refractivity contribution in [2.45, 2.75) is 0 Å².